The number of amides is 2. The third-order valence-corrected chi connectivity index (χ3v) is 4.64. The fraction of sp³-hybridized carbons (Fsp3) is 0.333. The second-order valence-electron chi connectivity index (χ2n) is 6.70. The van der Waals surface area contributed by atoms with Crippen LogP contribution in [0.15, 0.2) is 42.5 Å². The molecule has 1 aromatic heterocycles. The molecule has 27 heavy (non-hydrogen) atoms. The predicted molar refractivity (Wildman–Crippen MR) is 103 cm³/mol. The third kappa shape index (κ3) is 4.78. The molecule has 3 rings (SSSR count). The van der Waals surface area contributed by atoms with E-state index in [1.165, 1.54) is 6.92 Å². The molecule has 0 aliphatic carbocycles. The lowest BCUT2D eigenvalue weighted by Gasteiger charge is -2.19. The number of aromatic nitrogens is 1. The topological polar surface area (TPSA) is 79.4 Å². The SMILES string of the molecule is CC(=O)c1ccc(NC(=O)c2cccc(C(=O)N3CCCCCC3)n2)cc1. The number of carbonyl (C=O) groups is 3. The number of likely N-dealkylation sites (tertiary alicyclic amines) is 1. The Kier molecular flexibility index (Phi) is 5.96. The van der Waals surface area contributed by atoms with E-state index in [4.69, 9.17) is 0 Å². The van der Waals surface area contributed by atoms with E-state index in [1.54, 1.807) is 42.5 Å². The van der Waals surface area contributed by atoms with Crippen molar-refractivity contribution in [3.05, 3.63) is 59.4 Å². The van der Waals surface area contributed by atoms with Gasteiger partial charge in [0.05, 0.1) is 0 Å². The summed E-state index contributed by atoms with van der Waals surface area (Å²) >= 11 is 0. The molecule has 2 amide bonds. The van der Waals surface area contributed by atoms with Crippen LogP contribution in [0, 0.1) is 0 Å². The summed E-state index contributed by atoms with van der Waals surface area (Å²) in [6, 6.07) is 11.5. The largest absolute Gasteiger partial charge is 0.337 e. The normalized spacial score (nSPS) is 14.3. The molecule has 1 fully saturated rings. The molecule has 0 atom stereocenters. The Morgan fingerprint density at radius 2 is 1.52 bits per heavy atom. The molecule has 0 bridgehead atoms. The molecule has 6 heteroatoms. The molecule has 6 nitrogen and oxygen atoms in total. The lowest BCUT2D eigenvalue weighted by Crippen LogP contribution is -2.32. The fourth-order valence-corrected chi connectivity index (χ4v) is 3.10. The molecule has 1 aliphatic rings. The fourth-order valence-electron chi connectivity index (χ4n) is 3.10. The predicted octanol–water partition coefficient (Wildman–Crippen LogP) is 3.55. The standard InChI is InChI=1S/C21H23N3O3/c1-15(25)16-9-11-17(12-10-16)22-20(26)18-7-6-8-19(23-18)21(27)24-13-4-2-3-5-14-24/h6-12H,2-5,13-14H2,1H3,(H,22,26). The van der Waals surface area contributed by atoms with Crippen LogP contribution in [0.2, 0.25) is 0 Å². The van der Waals surface area contributed by atoms with E-state index < -0.39 is 5.91 Å². The van der Waals surface area contributed by atoms with Gasteiger partial charge in [-0.3, -0.25) is 14.4 Å². The van der Waals surface area contributed by atoms with Gasteiger partial charge in [0, 0.05) is 24.3 Å². The van der Waals surface area contributed by atoms with Crippen LogP contribution in [0.25, 0.3) is 0 Å². The Hall–Kier alpha value is -3.02. The Morgan fingerprint density at radius 1 is 0.889 bits per heavy atom. The van der Waals surface area contributed by atoms with E-state index in [-0.39, 0.29) is 23.1 Å². The highest BCUT2D eigenvalue weighted by Crippen LogP contribution is 2.14. The zero-order valence-corrected chi connectivity index (χ0v) is 15.4. The van der Waals surface area contributed by atoms with Gasteiger partial charge in [-0.2, -0.15) is 0 Å². The summed E-state index contributed by atoms with van der Waals surface area (Å²) in [5, 5.41) is 2.74. The molecule has 2 heterocycles. The summed E-state index contributed by atoms with van der Waals surface area (Å²) in [5.41, 5.74) is 1.62. The van der Waals surface area contributed by atoms with Crippen LogP contribution in [0.1, 0.15) is 63.9 Å². The minimum Gasteiger partial charge on any atom is -0.337 e. The molecule has 2 aromatic rings. The van der Waals surface area contributed by atoms with E-state index in [0.29, 0.717) is 11.3 Å². The maximum absolute atomic E-state index is 12.7. The van der Waals surface area contributed by atoms with Crippen molar-refractivity contribution in [2.24, 2.45) is 0 Å². The van der Waals surface area contributed by atoms with Crippen LogP contribution in [-0.2, 0) is 0 Å². The smallest absolute Gasteiger partial charge is 0.274 e. The monoisotopic (exact) mass is 365 g/mol. The van der Waals surface area contributed by atoms with Crippen molar-refractivity contribution in [1.29, 1.82) is 0 Å². The number of Topliss-reactive ketones (excluding diaryl/α,β-unsaturated/α-hetero) is 1. The van der Waals surface area contributed by atoms with Gasteiger partial charge >= 0.3 is 0 Å². The van der Waals surface area contributed by atoms with Crippen molar-refractivity contribution in [2.45, 2.75) is 32.6 Å². The highest BCUT2D eigenvalue weighted by atomic mass is 16.2. The lowest BCUT2D eigenvalue weighted by atomic mass is 10.1. The van der Waals surface area contributed by atoms with E-state index >= 15 is 0 Å². The number of hydrogen-bond acceptors (Lipinski definition) is 4. The summed E-state index contributed by atoms with van der Waals surface area (Å²) < 4.78 is 0. The quantitative estimate of drug-likeness (QED) is 0.840. The number of nitrogens with one attached hydrogen (secondary N) is 1. The first-order valence-corrected chi connectivity index (χ1v) is 9.23. The minimum absolute atomic E-state index is 0.0331. The molecular formula is C21H23N3O3. The molecule has 0 unspecified atom stereocenters. The molecule has 1 aromatic carbocycles. The first-order valence-electron chi connectivity index (χ1n) is 9.23. The third-order valence-electron chi connectivity index (χ3n) is 4.64. The van der Waals surface area contributed by atoms with Crippen LogP contribution < -0.4 is 5.32 Å². The van der Waals surface area contributed by atoms with Crippen LogP contribution >= 0.6 is 0 Å². The van der Waals surface area contributed by atoms with Gasteiger partial charge in [-0.05, 0) is 56.2 Å². The summed E-state index contributed by atoms with van der Waals surface area (Å²) in [5.74, 6) is -0.553. The van der Waals surface area contributed by atoms with Crippen LogP contribution in [0.5, 0.6) is 0 Å². The first kappa shape index (κ1) is 18.8. The molecular weight excluding hydrogens is 342 g/mol. The number of hydrogen-bond donors (Lipinski definition) is 1. The van der Waals surface area contributed by atoms with Gasteiger partial charge in [0.2, 0.25) is 0 Å². The second kappa shape index (κ2) is 8.58. The molecule has 0 radical (unpaired) electrons. The van der Waals surface area contributed by atoms with Crippen LogP contribution in [0.4, 0.5) is 5.69 Å². The Bertz CT molecular complexity index is 838. The zero-order chi connectivity index (χ0) is 19.2. The van der Waals surface area contributed by atoms with Crippen LogP contribution in [0.3, 0.4) is 0 Å². The van der Waals surface area contributed by atoms with Crippen LogP contribution in [-0.4, -0.2) is 40.6 Å². The number of rotatable bonds is 4. The molecule has 140 valence electrons. The number of benzene rings is 1. The molecule has 0 saturated carbocycles. The van der Waals surface area contributed by atoms with Gasteiger partial charge in [-0.15, -0.1) is 0 Å². The van der Waals surface area contributed by atoms with Gasteiger partial charge in [0.25, 0.3) is 11.8 Å². The van der Waals surface area contributed by atoms with E-state index in [1.807, 2.05) is 4.90 Å². The highest BCUT2D eigenvalue weighted by Gasteiger charge is 2.19. The number of anilines is 1. The second-order valence-corrected chi connectivity index (χ2v) is 6.70. The summed E-state index contributed by atoms with van der Waals surface area (Å²) in [4.78, 5) is 42.6. The summed E-state index contributed by atoms with van der Waals surface area (Å²) in [6.07, 6.45) is 4.29. The van der Waals surface area contributed by atoms with Crippen molar-refractivity contribution < 1.29 is 14.4 Å². The van der Waals surface area contributed by atoms with E-state index in [2.05, 4.69) is 10.3 Å². The average Bonchev–Trinajstić information content (AvgIpc) is 2.97. The van der Waals surface area contributed by atoms with Gasteiger partial charge in [0.15, 0.2) is 5.78 Å². The Morgan fingerprint density at radius 3 is 2.15 bits per heavy atom. The summed E-state index contributed by atoms with van der Waals surface area (Å²) in [7, 11) is 0. The van der Waals surface area contributed by atoms with Gasteiger partial charge in [-0.1, -0.05) is 18.9 Å². The number of nitrogens with zero attached hydrogens (tertiary/aromatic N) is 2. The van der Waals surface area contributed by atoms with Crippen molar-refractivity contribution in [3.63, 3.8) is 0 Å². The zero-order valence-electron chi connectivity index (χ0n) is 15.4. The summed E-state index contributed by atoms with van der Waals surface area (Å²) in [6.45, 7) is 2.96. The minimum atomic E-state index is -0.393. The van der Waals surface area contributed by atoms with Gasteiger partial charge < -0.3 is 10.2 Å². The molecule has 0 spiro atoms. The maximum Gasteiger partial charge on any atom is 0.274 e. The highest BCUT2D eigenvalue weighted by molar-refractivity contribution is 6.04. The number of pyridine rings is 1. The first-order chi connectivity index (χ1) is 13.0. The van der Waals surface area contributed by atoms with Crippen molar-refractivity contribution in [3.8, 4) is 0 Å². The van der Waals surface area contributed by atoms with Crippen molar-refractivity contribution in [1.82, 2.24) is 9.88 Å². The van der Waals surface area contributed by atoms with E-state index in [0.717, 1.165) is 38.8 Å². The number of carbonyl (C=O) groups excluding carboxylic acids is 3. The van der Waals surface area contributed by atoms with E-state index in [9.17, 15) is 14.4 Å². The van der Waals surface area contributed by atoms with Crippen molar-refractivity contribution >= 4 is 23.3 Å². The molecule has 1 N–H and O–H groups in total. The Labute approximate surface area is 158 Å². The van der Waals surface area contributed by atoms with Crippen molar-refractivity contribution in [2.75, 3.05) is 18.4 Å². The van der Waals surface area contributed by atoms with Gasteiger partial charge in [-0.25, -0.2) is 4.98 Å². The number of ketones is 1. The molecule has 1 aliphatic heterocycles. The average molecular weight is 365 g/mol. The lowest BCUT2D eigenvalue weighted by molar-refractivity contribution is 0.0755. The maximum atomic E-state index is 12.7. The molecule has 1 saturated heterocycles. The Balaban J connectivity index is 1.71. The van der Waals surface area contributed by atoms with Gasteiger partial charge in [0.1, 0.15) is 11.4 Å².